The lowest BCUT2D eigenvalue weighted by molar-refractivity contribution is -0.0376. The van der Waals surface area contributed by atoms with Crippen LogP contribution in [0.1, 0.15) is 24.5 Å². The van der Waals surface area contributed by atoms with Crippen LogP contribution in [-0.4, -0.2) is 27.3 Å². The van der Waals surface area contributed by atoms with Crippen LogP contribution < -0.4 is 10.3 Å². The lowest BCUT2D eigenvalue weighted by Gasteiger charge is -2.30. The zero-order valence-corrected chi connectivity index (χ0v) is 15.2. The number of ether oxygens (including phenoxy) is 2. The molecule has 6 nitrogen and oxygen atoms in total. The maximum atomic E-state index is 11.3. The molecule has 1 aliphatic heterocycles. The quantitative estimate of drug-likeness (QED) is 0.680. The van der Waals surface area contributed by atoms with Crippen LogP contribution in [0.5, 0.6) is 5.88 Å². The van der Waals surface area contributed by atoms with Gasteiger partial charge in [0.15, 0.2) is 0 Å². The van der Waals surface area contributed by atoms with Gasteiger partial charge in [0.05, 0.1) is 18.2 Å². The Hall–Kier alpha value is -2.15. The fraction of sp³-hybridized carbons (Fsp3) is 0.278. The molecule has 2 aromatic heterocycles. The average molecular weight is 392 g/mol. The van der Waals surface area contributed by atoms with Crippen molar-refractivity contribution in [3.05, 3.63) is 68.7 Å². The van der Waals surface area contributed by atoms with Crippen LogP contribution in [0.2, 0.25) is 10.0 Å². The maximum Gasteiger partial charge on any atom is 0.273 e. The van der Waals surface area contributed by atoms with Crippen LogP contribution in [0.3, 0.4) is 0 Å². The molecule has 2 unspecified atom stereocenters. The predicted molar refractivity (Wildman–Crippen MR) is 98.1 cm³/mol. The molecule has 26 heavy (non-hydrogen) atoms. The number of hydrogen-bond acceptors (Lipinski definition) is 5. The van der Waals surface area contributed by atoms with Gasteiger partial charge in [0.1, 0.15) is 12.4 Å². The topological polar surface area (TPSA) is 65.7 Å². The first-order chi connectivity index (χ1) is 12.6. The molecule has 0 aliphatic carbocycles. The first kappa shape index (κ1) is 17.3. The summed E-state index contributed by atoms with van der Waals surface area (Å²) in [6.45, 7) is 0.540. The maximum absolute atomic E-state index is 11.3. The molecule has 1 aromatic carbocycles. The summed E-state index contributed by atoms with van der Waals surface area (Å²) in [5.74, 6) is 0.457. The van der Waals surface area contributed by atoms with Crippen molar-refractivity contribution in [2.45, 2.75) is 25.0 Å². The first-order valence-electron chi connectivity index (χ1n) is 8.18. The summed E-state index contributed by atoms with van der Waals surface area (Å²) in [7, 11) is 0. The van der Waals surface area contributed by atoms with E-state index in [4.69, 9.17) is 32.7 Å². The molecule has 134 valence electrons. The minimum absolute atomic E-state index is 0.0848. The minimum atomic E-state index is -0.302. The summed E-state index contributed by atoms with van der Waals surface area (Å²) in [4.78, 5) is 15.0. The van der Waals surface area contributed by atoms with Gasteiger partial charge in [-0.2, -0.15) is 4.98 Å². The minimum Gasteiger partial charge on any atom is -0.473 e. The van der Waals surface area contributed by atoms with E-state index < -0.39 is 0 Å². The lowest BCUT2D eigenvalue weighted by atomic mass is 9.99. The first-order valence-corrected chi connectivity index (χ1v) is 8.93. The van der Waals surface area contributed by atoms with Crippen LogP contribution in [0.15, 0.2) is 47.5 Å². The molecule has 0 spiro atoms. The second kappa shape index (κ2) is 7.23. The molecule has 0 amide bonds. The van der Waals surface area contributed by atoms with Gasteiger partial charge in [0.25, 0.3) is 5.56 Å². The van der Waals surface area contributed by atoms with Gasteiger partial charge in [-0.1, -0.05) is 29.3 Å². The summed E-state index contributed by atoms with van der Waals surface area (Å²) >= 11 is 12.6. The molecule has 0 saturated carbocycles. The van der Waals surface area contributed by atoms with Crippen molar-refractivity contribution in [2.24, 2.45) is 0 Å². The van der Waals surface area contributed by atoms with Crippen molar-refractivity contribution in [1.82, 2.24) is 14.6 Å². The van der Waals surface area contributed by atoms with Gasteiger partial charge in [0, 0.05) is 40.6 Å². The highest BCUT2D eigenvalue weighted by Crippen LogP contribution is 2.38. The summed E-state index contributed by atoms with van der Waals surface area (Å²) in [5.41, 5.74) is 1.14. The molecule has 0 bridgehead atoms. The summed E-state index contributed by atoms with van der Waals surface area (Å²) < 4.78 is 13.4. The van der Waals surface area contributed by atoms with Crippen LogP contribution >= 0.6 is 23.2 Å². The third-order valence-corrected chi connectivity index (χ3v) is 4.94. The van der Waals surface area contributed by atoms with Gasteiger partial charge in [-0.05, 0) is 18.2 Å². The molecule has 1 saturated heterocycles. The Kier molecular flexibility index (Phi) is 4.80. The van der Waals surface area contributed by atoms with E-state index in [0.717, 1.165) is 12.0 Å². The van der Waals surface area contributed by atoms with Crippen molar-refractivity contribution < 1.29 is 9.47 Å². The Morgan fingerprint density at radius 1 is 1.19 bits per heavy atom. The van der Waals surface area contributed by atoms with Crippen LogP contribution in [0, 0.1) is 0 Å². The van der Waals surface area contributed by atoms with E-state index in [1.165, 1.54) is 16.9 Å². The SMILES string of the molecule is O=c1cc2ccc(OC3CCOC(c4c(Cl)cccc4Cl)C3)nn2cn1. The number of fused-ring (bicyclic) bond motifs is 1. The normalized spacial score (nSPS) is 20.2. The average Bonchev–Trinajstić information content (AvgIpc) is 2.62. The molecule has 1 fully saturated rings. The highest BCUT2D eigenvalue weighted by atomic mass is 35.5. The van der Waals surface area contributed by atoms with Crippen molar-refractivity contribution >= 4 is 28.7 Å². The standard InChI is InChI=1S/C18H15Cl2N3O3/c19-13-2-1-3-14(20)18(13)15-9-12(6-7-25-15)26-17-5-4-11-8-16(24)21-10-23(11)22-17/h1-5,8,10,12,15H,6-7,9H2. The Morgan fingerprint density at radius 2 is 2.00 bits per heavy atom. The van der Waals surface area contributed by atoms with E-state index in [-0.39, 0.29) is 17.8 Å². The van der Waals surface area contributed by atoms with Crippen molar-refractivity contribution in [1.29, 1.82) is 0 Å². The molecule has 8 heteroatoms. The predicted octanol–water partition coefficient (Wildman–Crippen LogP) is 3.70. The molecule has 3 heterocycles. The molecule has 0 radical (unpaired) electrons. The van der Waals surface area contributed by atoms with E-state index in [1.807, 2.05) is 6.07 Å². The van der Waals surface area contributed by atoms with E-state index in [1.54, 1.807) is 24.3 Å². The van der Waals surface area contributed by atoms with E-state index >= 15 is 0 Å². The van der Waals surface area contributed by atoms with Gasteiger partial charge >= 0.3 is 0 Å². The lowest BCUT2D eigenvalue weighted by Crippen LogP contribution is -2.29. The summed E-state index contributed by atoms with van der Waals surface area (Å²) in [6.07, 6.45) is 2.42. The highest BCUT2D eigenvalue weighted by Gasteiger charge is 2.28. The Morgan fingerprint density at radius 3 is 2.81 bits per heavy atom. The number of nitrogens with zero attached hydrogens (tertiary/aromatic N) is 3. The van der Waals surface area contributed by atoms with Gasteiger partial charge in [-0.25, -0.2) is 4.52 Å². The largest absolute Gasteiger partial charge is 0.473 e. The van der Waals surface area contributed by atoms with Gasteiger partial charge in [0.2, 0.25) is 5.88 Å². The molecule has 2 atom stereocenters. The number of aromatic nitrogens is 3. The van der Waals surface area contributed by atoms with E-state index in [9.17, 15) is 4.79 Å². The van der Waals surface area contributed by atoms with Gasteiger partial charge < -0.3 is 9.47 Å². The zero-order chi connectivity index (χ0) is 18.1. The number of halogens is 2. The number of hydrogen-bond donors (Lipinski definition) is 0. The zero-order valence-electron chi connectivity index (χ0n) is 13.6. The van der Waals surface area contributed by atoms with Gasteiger partial charge in [-0.3, -0.25) is 4.79 Å². The molecule has 4 rings (SSSR count). The van der Waals surface area contributed by atoms with Crippen molar-refractivity contribution in [3.8, 4) is 5.88 Å². The summed E-state index contributed by atoms with van der Waals surface area (Å²) in [6, 6.07) is 10.3. The van der Waals surface area contributed by atoms with Crippen molar-refractivity contribution in [2.75, 3.05) is 6.61 Å². The Bertz CT molecular complexity index is 988. The van der Waals surface area contributed by atoms with Crippen LogP contribution in [-0.2, 0) is 4.74 Å². The Labute approximate surface area is 159 Å². The third kappa shape index (κ3) is 3.53. The number of benzene rings is 1. The van der Waals surface area contributed by atoms with Gasteiger partial charge in [-0.15, -0.1) is 5.10 Å². The van der Waals surface area contributed by atoms with Crippen LogP contribution in [0.4, 0.5) is 0 Å². The van der Waals surface area contributed by atoms with E-state index in [2.05, 4.69) is 10.1 Å². The fourth-order valence-electron chi connectivity index (χ4n) is 3.04. The van der Waals surface area contributed by atoms with E-state index in [0.29, 0.717) is 34.5 Å². The van der Waals surface area contributed by atoms with Crippen molar-refractivity contribution in [3.63, 3.8) is 0 Å². The number of rotatable bonds is 3. The molecule has 0 N–H and O–H groups in total. The second-order valence-electron chi connectivity index (χ2n) is 6.03. The third-order valence-electron chi connectivity index (χ3n) is 4.28. The monoisotopic (exact) mass is 391 g/mol. The summed E-state index contributed by atoms with van der Waals surface area (Å²) in [5, 5.41) is 5.51. The van der Waals surface area contributed by atoms with Crippen LogP contribution in [0.25, 0.3) is 5.52 Å². The molecular formula is C18H15Cl2N3O3. The smallest absolute Gasteiger partial charge is 0.273 e. The molecular weight excluding hydrogens is 377 g/mol. The molecule has 3 aromatic rings. The fourth-order valence-corrected chi connectivity index (χ4v) is 3.68. The second-order valence-corrected chi connectivity index (χ2v) is 6.84. The highest BCUT2D eigenvalue weighted by molar-refractivity contribution is 6.36. The Balaban J connectivity index is 1.53. The molecule has 1 aliphatic rings.